The van der Waals surface area contributed by atoms with Gasteiger partial charge in [-0.25, -0.2) is 9.97 Å². The van der Waals surface area contributed by atoms with Crippen LogP contribution in [0.1, 0.15) is 48.5 Å². The predicted octanol–water partition coefficient (Wildman–Crippen LogP) is 3.60. The van der Waals surface area contributed by atoms with Crippen LogP contribution in [0.3, 0.4) is 0 Å². The molecular formula is C23H27ClN6O. The highest BCUT2D eigenvalue weighted by molar-refractivity contribution is 6.35. The van der Waals surface area contributed by atoms with Crippen LogP contribution in [0.15, 0.2) is 36.8 Å². The van der Waals surface area contributed by atoms with Gasteiger partial charge in [0.05, 0.1) is 16.0 Å². The number of anilines is 1. The van der Waals surface area contributed by atoms with Crippen LogP contribution in [-0.4, -0.2) is 56.3 Å². The first kappa shape index (κ1) is 20.4. The molecule has 8 heteroatoms. The summed E-state index contributed by atoms with van der Waals surface area (Å²) in [7, 11) is 0. The Morgan fingerprint density at radius 3 is 2.65 bits per heavy atom. The van der Waals surface area contributed by atoms with Crippen molar-refractivity contribution in [3.8, 4) is 0 Å². The van der Waals surface area contributed by atoms with Gasteiger partial charge in [0.15, 0.2) is 5.78 Å². The van der Waals surface area contributed by atoms with E-state index in [9.17, 15) is 4.79 Å². The fourth-order valence-corrected chi connectivity index (χ4v) is 5.18. The molecule has 0 bridgehead atoms. The van der Waals surface area contributed by atoms with Gasteiger partial charge in [-0.2, -0.15) is 0 Å². The summed E-state index contributed by atoms with van der Waals surface area (Å²) in [5.41, 5.74) is 7.79. The maximum absolute atomic E-state index is 13.2. The molecule has 1 aromatic carbocycles. The fourth-order valence-electron chi connectivity index (χ4n) is 4.96. The summed E-state index contributed by atoms with van der Waals surface area (Å²) < 4.78 is 0. The molecule has 2 fully saturated rings. The number of hydrogen-bond donors (Lipinski definition) is 3. The molecule has 162 valence electrons. The number of carbonyl (C=O) groups excluding carboxylic acids is 1. The summed E-state index contributed by atoms with van der Waals surface area (Å²) in [6.45, 7) is 4.09. The summed E-state index contributed by atoms with van der Waals surface area (Å²) >= 11 is 6.27. The molecule has 3 aromatic rings. The lowest BCUT2D eigenvalue weighted by atomic mass is 9.84. The SMILES string of the molecule is CC1(N)CN([C@H]2CC[C@H](Nc3ncnc4[nH]cc(C(=O)c5ccccc5Cl)c34)CC2)C1. The van der Waals surface area contributed by atoms with Crippen LogP contribution in [0.5, 0.6) is 0 Å². The number of aromatic amines is 1. The number of ketones is 1. The number of benzene rings is 1. The van der Waals surface area contributed by atoms with Crippen molar-refractivity contribution in [1.82, 2.24) is 19.9 Å². The third-order valence-electron chi connectivity index (χ3n) is 6.52. The smallest absolute Gasteiger partial charge is 0.196 e. The van der Waals surface area contributed by atoms with Gasteiger partial charge < -0.3 is 16.0 Å². The van der Waals surface area contributed by atoms with E-state index >= 15 is 0 Å². The molecule has 1 saturated heterocycles. The van der Waals surface area contributed by atoms with E-state index in [-0.39, 0.29) is 11.3 Å². The standard InChI is InChI=1S/C23H27ClN6O/c1-23(25)11-30(12-23)15-8-6-14(7-9-15)29-22-19-17(10-26-21(19)27-13-28-22)20(31)16-4-2-3-5-18(16)24/h2-5,10,13-15H,6-9,11-12,25H2,1H3,(H2,26,27,28,29)/t14-,15-. The van der Waals surface area contributed by atoms with Crippen molar-refractivity contribution < 1.29 is 4.79 Å². The molecule has 0 radical (unpaired) electrons. The highest BCUT2D eigenvalue weighted by atomic mass is 35.5. The Balaban J connectivity index is 1.34. The van der Waals surface area contributed by atoms with E-state index < -0.39 is 0 Å². The van der Waals surface area contributed by atoms with Crippen molar-refractivity contribution >= 4 is 34.2 Å². The van der Waals surface area contributed by atoms with Crippen LogP contribution < -0.4 is 11.1 Å². The number of fused-ring (bicyclic) bond motifs is 1. The molecule has 1 saturated carbocycles. The summed E-state index contributed by atoms with van der Waals surface area (Å²) in [4.78, 5) is 27.6. The summed E-state index contributed by atoms with van der Waals surface area (Å²) in [5.74, 6) is 0.560. The maximum atomic E-state index is 13.2. The second-order valence-corrected chi connectivity index (χ2v) is 9.57. The number of nitrogens with zero attached hydrogens (tertiary/aromatic N) is 3. The first-order valence-corrected chi connectivity index (χ1v) is 11.2. The third-order valence-corrected chi connectivity index (χ3v) is 6.85. The predicted molar refractivity (Wildman–Crippen MR) is 123 cm³/mol. The molecule has 1 aliphatic carbocycles. The lowest BCUT2D eigenvalue weighted by Crippen LogP contribution is -2.68. The largest absolute Gasteiger partial charge is 0.367 e. The maximum Gasteiger partial charge on any atom is 0.196 e. The van der Waals surface area contributed by atoms with E-state index in [2.05, 4.69) is 32.1 Å². The number of hydrogen-bond acceptors (Lipinski definition) is 6. The zero-order valence-corrected chi connectivity index (χ0v) is 18.3. The van der Waals surface area contributed by atoms with Crippen LogP contribution in [0.4, 0.5) is 5.82 Å². The van der Waals surface area contributed by atoms with E-state index in [4.69, 9.17) is 17.3 Å². The Morgan fingerprint density at radius 1 is 1.19 bits per heavy atom. The van der Waals surface area contributed by atoms with E-state index in [0.717, 1.165) is 44.2 Å². The molecule has 1 aliphatic heterocycles. The molecule has 0 spiro atoms. The Hall–Kier alpha value is -2.48. The highest BCUT2D eigenvalue weighted by Gasteiger charge is 2.39. The molecule has 2 aromatic heterocycles. The first-order chi connectivity index (χ1) is 14.9. The first-order valence-electron chi connectivity index (χ1n) is 10.8. The third kappa shape index (κ3) is 3.93. The Bertz CT molecular complexity index is 1110. The van der Waals surface area contributed by atoms with Gasteiger partial charge in [-0.15, -0.1) is 0 Å². The van der Waals surface area contributed by atoms with Crippen LogP contribution in [0.25, 0.3) is 11.0 Å². The number of rotatable bonds is 5. The molecule has 4 N–H and O–H groups in total. The van der Waals surface area contributed by atoms with Crippen molar-refractivity contribution in [2.45, 2.75) is 50.2 Å². The van der Waals surface area contributed by atoms with E-state index in [1.54, 1.807) is 18.3 Å². The monoisotopic (exact) mass is 438 g/mol. The summed E-state index contributed by atoms with van der Waals surface area (Å²) in [6, 6.07) is 8.03. The molecule has 0 unspecified atom stereocenters. The normalized spacial score (nSPS) is 23.5. The van der Waals surface area contributed by atoms with Crippen molar-refractivity contribution in [2.75, 3.05) is 18.4 Å². The van der Waals surface area contributed by atoms with Crippen LogP contribution in [0.2, 0.25) is 5.02 Å². The number of halogens is 1. The molecule has 7 nitrogen and oxygen atoms in total. The van der Waals surface area contributed by atoms with E-state index in [0.29, 0.717) is 39.7 Å². The van der Waals surface area contributed by atoms with E-state index in [1.165, 1.54) is 6.33 Å². The Kier molecular flexibility index (Phi) is 5.20. The van der Waals surface area contributed by atoms with Gasteiger partial charge >= 0.3 is 0 Å². The van der Waals surface area contributed by atoms with Crippen LogP contribution in [0, 0.1) is 0 Å². The Morgan fingerprint density at radius 2 is 1.94 bits per heavy atom. The van der Waals surface area contributed by atoms with Crippen molar-refractivity contribution in [3.05, 3.63) is 52.9 Å². The second kappa shape index (κ2) is 7.89. The Labute approximate surface area is 186 Å². The second-order valence-electron chi connectivity index (χ2n) is 9.17. The molecule has 0 atom stereocenters. The zero-order chi connectivity index (χ0) is 21.6. The average molecular weight is 439 g/mol. The van der Waals surface area contributed by atoms with Gasteiger partial charge in [-0.1, -0.05) is 23.7 Å². The minimum atomic E-state index is -0.138. The van der Waals surface area contributed by atoms with Crippen molar-refractivity contribution in [1.29, 1.82) is 0 Å². The van der Waals surface area contributed by atoms with Gasteiger partial charge in [-0.3, -0.25) is 9.69 Å². The number of carbonyl (C=O) groups is 1. The summed E-state index contributed by atoms with van der Waals surface area (Å²) in [5, 5.41) is 4.74. The van der Waals surface area contributed by atoms with E-state index in [1.807, 2.05) is 12.1 Å². The lowest BCUT2D eigenvalue weighted by molar-refractivity contribution is 0.0228. The molecule has 2 aliphatic rings. The molecular weight excluding hydrogens is 412 g/mol. The van der Waals surface area contributed by atoms with Gasteiger partial charge in [-0.05, 0) is 44.7 Å². The number of aromatic nitrogens is 3. The van der Waals surface area contributed by atoms with Crippen molar-refractivity contribution in [2.24, 2.45) is 5.73 Å². The van der Waals surface area contributed by atoms with Gasteiger partial charge in [0.2, 0.25) is 0 Å². The topological polar surface area (TPSA) is 99.9 Å². The van der Waals surface area contributed by atoms with Gasteiger partial charge in [0.1, 0.15) is 17.8 Å². The highest BCUT2D eigenvalue weighted by Crippen LogP contribution is 2.33. The van der Waals surface area contributed by atoms with Crippen LogP contribution in [-0.2, 0) is 0 Å². The molecule has 31 heavy (non-hydrogen) atoms. The number of H-pyrrole nitrogens is 1. The minimum Gasteiger partial charge on any atom is -0.367 e. The fraction of sp³-hybridized carbons (Fsp3) is 0.435. The van der Waals surface area contributed by atoms with Crippen LogP contribution >= 0.6 is 11.6 Å². The van der Waals surface area contributed by atoms with Gasteiger partial charge in [0.25, 0.3) is 0 Å². The van der Waals surface area contributed by atoms with Crippen molar-refractivity contribution in [3.63, 3.8) is 0 Å². The number of nitrogens with one attached hydrogen (secondary N) is 2. The number of nitrogens with two attached hydrogens (primary N) is 1. The quantitative estimate of drug-likeness (QED) is 0.526. The zero-order valence-electron chi connectivity index (χ0n) is 17.6. The molecule has 5 rings (SSSR count). The minimum absolute atomic E-state index is 0.0272. The molecule has 0 amide bonds. The summed E-state index contributed by atoms with van der Waals surface area (Å²) in [6.07, 6.45) is 7.62. The van der Waals surface area contributed by atoms with Gasteiger partial charge in [0, 0.05) is 42.5 Å². The molecule has 3 heterocycles. The lowest BCUT2D eigenvalue weighted by Gasteiger charge is -2.51. The average Bonchev–Trinajstić information content (AvgIpc) is 3.18. The number of likely N-dealkylation sites (tertiary alicyclic amines) is 1.